The van der Waals surface area contributed by atoms with Gasteiger partial charge in [0, 0.05) is 22.3 Å². The number of phenolic OH excluding ortho intramolecular Hbond substituents is 1. The Labute approximate surface area is 185 Å². The molecule has 0 fully saturated rings. The number of amides is 1. The fourth-order valence-electron chi connectivity index (χ4n) is 2.07. The summed E-state index contributed by atoms with van der Waals surface area (Å²) in [6.07, 6.45) is 0. The highest BCUT2D eigenvalue weighted by molar-refractivity contribution is 14.0. The summed E-state index contributed by atoms with van der Waals surface area (Å²) in [7, 11) is 0. The molecule has 146 valence electrons. The van der Waals surface area contributed by atoms with E-state index in [0.717, 1.165) is 5.56 Å². The van der Waals surface area contributed by atoms with E-state index in [1.807, 2.05) is 13.0 Å². The number of guanidine groups is 1. The highest BCUT2D eigenvalue weighted by atomic mass is 127. The predicted octanol–water partition coefficient (Wildman–Crippen LogP) is 4.01. The van der Waals surface area contributed by atoms with Crippen LogP contribution in [0.1, 0.15) is 12.5 Å². The molecule has 0 atom stereocenters. The smallest absolute Gasteiger partial charge is 0.243 e. The molecule has 0 radical (unpaired) electrons. The summed E-state index contributed by atoms with van der Waals surface area (Å²) >= 11 is 12.0. The SMILES string of the molecule is CCNC(=NCc1ccc(Cl)cc1Cl)NCC(=O)Nc1ccc(O)cc1.I. The van der Waals surface area contributed by atoms with Gasteiger partial charge in [0.25, 0.3) is 0 Å². The molecule has 6 nitrogen and oxygen atoms in total. The summed E-state index contributed by atoms with van der Waals surface area (Å²) in [5.41, 5.74) is 1.44. The van der Waals surface area contributed by atoms with E-state index < -0.39 is 0 Å². The van der Waals surface area contributed by atoms with Crippen molar-refractivity contribution >= 4 is 64.7 Å². The maximum atomic E-state index is 12.0. The average molecular weight is 523 g/mol. The molecule has 0 aliphatic heterocycles. The van der Waals surface area contributed by atoms with Crippen LogP contribution >= 0.6 is 47.2 Å². The van der Waals surface area contributed by atoms with E-state index in [9.17, 15) is 9.90 Å². The van der Waals surface area contributed by atoms with Gasteiger partial charge in [-0.2, -0.15) is 0 Å². The van der Waals surface area contributed by atoms with Crippen molar-refractivity contribution in [1.29, 1.82) is 0 Å². The van der Waals surface area contributed by atoms with Gasteiger partial charge in [0.05, 0.1) is 13.1 Å². The second-order valence-corrected chi connectivity index (χ2v) is 6.22. The molecule has 2 aromatic carbocycles. The molecule has 0 aliphatic carbocycles. The molecular weight excluding hydrogens is 502 g/mol. The van der Waals surface area contributed by atoms with E-state index in [1.165, 1.54) is 12.1 Å². The van der Waals surface area contributed by atoms with Gasteiger partial charge in [-0.25, -0.2) is 4.99 Å². The second kappa shape index (κ2) is 11.9. The molecule has 0 heterocycles. The lowest BCUT2D eigenvalue weighted by atomic mass is 10.2. The summed E-state index contributed by atoms with van der Waals surface area (Å²) < 4.78 is 0. The van der Waals surface area contributed by atoms with Crippen LogP contribution in [0.15, 0.2) is 47.5 Å². The van der Waals surface area contributed by atoms with Crippen molar-refractivity contribution in [2.45, 2.75) is 13.5 Å². The topological polar surface area (TPSA) is 85.8 Å². The van der Waals surface area contributed by atoms with Crippen LogP contribution in [0.5, 0.6) is 5.75 Å². The molecule has 0 unspecified atom stereocenters. The molecule has 2 rings (SSSR count). The van der Waals surface area contributed by atoms with Crippen molar-refractivity contribution in [3.05, 3.63) is 58.1 Å². The number of nitrogens with zero attached hydrogens (tertiary/aromatic N) is 1. The molecule has 0 bridgehead atoms. The van der Waals surface area contributed by atoms with E-state index in [0.29, 0.717) is 34.8 Å². The molecule has 1 amide bonds. The first-order valence-electron chi connectivity index (χ1n) is 8.03. The zero-order valence-electron chi connectivity index (χ0n) is 14.6. The van der Waals surface area contributed by atoms with E-state index >= 15 is 0 Å². The quantitative estimate of drug-likeness (QED) is 0.200. The fourth-order valence-corrected chi connectivity index (χ4v) is 2.54. The number of benzene rings is 2. The largest absolute Gasteiger partial charge is 0.508 e. The number of carbonyl (C=O) groups excluding carboxylic acids is 1. The lowest BCUT2D eigenvalue weighted by Crippen LogP contribution is -2.41. The summed E-state index contributed by atoms with van der Waals surface area (Å²) in [5.74, 6) is 0.411. The highest BCUT2D eigenvalue weighted by Gasteiger charge is 2.06. The van der Waals surface area contributed by atoms with Crippen LogP contribution in [-0.2, 0) is 11.3 Å². The zero-order valence-corrected chi connectivity index (χ0v) is 18.5. The highest BCUT2D eigenvalue weighted by Crippen LogP contribution is 2.21. The summed E-state index contributed by atoms with van der Waals surface area (Å²) in [4.78, 5) is 16.4. The van der Waals surface area contributed by atoms with Crippen LogP contribution in [0.2, 0.25) is 10.0 Å². The van der Waals surface area contributed by atoms with Crippen molar-refractivity contribution in [2.24, 2.45) is 4.99 Å². The van der Waals surface area contributed by atoms with Crippen LogP contribution in [0.4, 0.5) is 5.69 Å². The van der Waals surface area contributed by atoms with Crippen molar-refractivity contribution < 1.29 is 9.90 Å². The maximum Gasteiger partial charge on any atom is 0.243 e. The van der Waals surface area contributed by atoms with Gasteiger partial charge in [-0.1, -0.05) is 29.3 Å². The second-order valence-electron chi connectivity index (χ2n) is 5.38. The first-order chi connectivity index (χ1) is 12.5. The van der Waals surface area contributed by atoms with Gasteiger partial charge >= 0.3 is 0 Å². The van der Waals surface area contributed by atoms with Gasteiger partial charge in [-0.15, -0.1) is 24.0 Å². The van der Waals surface area contributed by atoms with Crippen LogP contribution in [0.3, 0.4) is 0 Å². The molecule has 2 aromatic rings. The summed E-state index contributed by atoms with van der Waals surface area (Å²) in [5, 5.41) is 19.1. The zero-order chi connectivity index (χ0) is 18.9. The molecule has 0 aliphatic rings. The fraction of sp³-hybridized carbons (Fsp3) is 0.222. The molecule has 0 saturated heterocycles. The summed E-state index contributed by atoms with van der Waals surface area (Å²) in [6.45, 7) is 2.98. The normalized spacial score (nSPS) is 10.7. The van der Waals surface area contributed by atoms with Crippen LogP contribution < -0.4 is 16.0 Å². The number of hydrogen-bond donors (Lipinski definition) is 4. The molecule has 0 saturated carbocycles. The third-order valence-corrected chi connectivity index (χ3v) is 3.92. The number of anilines is 1. The number of aromatic hydroxyl groups is 1. The molecule has 0 spiro atoms. The first-order valence-corrected chi connectivity index (χ1v) is 8.78. The van der Waals surface area contributed by atoms with Gasteiger partial charge in [-0.05, 0) is 48.9 Å². The molecule has 4 N–H and O–H groups in total. The number of nitrogens with one attached hydrogen (secondary N) is 3. The molecule has 9 heteroatoms. The maximum absolute atomic E-state index is 12.0. The van der Waals surface area contributed by atoms with Crippen molar-refractivity contribution in [1.82, 2.24) is 10.6 Å². The third kappa shape index (κ3) is 8.23. The van der Waals surface area contributed by atoms with Crippen LogP contribution in [0.25, 0.3) is 0 Å². The Balaban J connectivity index is 0.00000364. The molecule has 0 aromatic heterocycles. The Bertz CT molecular complexity index is 785. The van der Waals surface area contributed by atoms with Gasteiger partial charge in [0.2, 0.25) is 5.91 Å². The minimum absolute atomic E-state index is 0. The van der Waals surface area contributed by atoms with E-state index in [4.69, 9.17) is 23.2 Å². The van der Waals surface area contributed by atoms with E-state index in [1.54, 1.807) is 24.3 Å². The lowest BCUT2D eigenvalue weighted by molar-refractivity contribution is -0.115. The summed E-state index contributed by atoms with van der Waals surface area (Å²) in [6, 6.07) is 11.5. The average Bonchev–Trinajstić information content (AvgIpc) is 2.60. The Morgan fingerprint density at radius 2 is 1.81 bits per heavy atom. The van der Waals surface area contributed by atoms with E-state index in [-0.39, 0.29) is 42.2 Å². The Morgan fingerprint density at radius 1 is 1.11 bits per heavy atom. The van der Waals surface area contributed by atoms with Crippen LogP contribution in [0, 0.1) is 0 Å². The third-order valence-electron chi connectivity index (χ3n) is 3.33. The minimum atomic E-state index is -0.231. The molecule has 27 heavy (non-hydrogen) atoms. The van der Waals surface area contributed by atoms with Gasteiger partial charge in [-0.3, -0.25) is 4.79 Å². The Morgan fingerprint density at radius 3 is 2.44 bits per heavy atom. The first kappa shape index (κ1) is 23.3. The number of halogens is 3. The standard InChI is InChI=1S/C18H20Cl2N4O2.HI/c1-2-21-18(22-10-12-3-4-13(19)9-16(12)20)23-11-17(26)24-14-5-7-15(25)8-6-14;/h3-9,25H,2,10-11H2,1H3,(H,24,26)(H2,21,22,23);1H. The molecular formula is C18H21Cl2IN4O2. The Hall–Kier alpha value is -1.71. The predicted molar refractivity (Wildman–Crippen MR) is 121 cm³/mol. The van der Waals surface area contributed by atoms with Crippen molar-refractivity contribution in [2.75, 3.05) is 18.4 Å². The lowest BCUT2D eigenvalue weighted by Gasteiger charge is -2.12. The number of rotatable bonds is 6. The number of carbonyl (C=O) groups is 1. The number of aliphatic imine (C=N–C) groups is 1. The van der Waals surface area contributed by atoms with E-state index in [2.05, 4.69) is 20.9 Å². The van der Waals surface area contributed by atoms with Gasteiger partial charge < -0.3 is 21.1 Å². The van der Waals surface area contributed by atoms with Crippen molar-refractivity contribution in [3.8, 4) is 5.75 Å². The number of phenols is 1. The minimum Gasteiger partial charge on any atom is -0.508 e. The Kier molecular flexibility index (Phi) is 10.3. The van der Waals surface area contributed by atoms with Crippen LogP contribution in [-0.4, -0.2) is 30.1 Å². The van der Waals surface area contributed by atoms with Gasteiger partial charge in [0.15, 0.2) is 5.96 Å². The van der Waals surface area contributed by atoms with Gasteiger partial charge in [0.1, 0.15) is 5.75 Å². The number of hydrogen-bond acceptors (Lipinski definition) is 3. The van der Waals surface area contributed by atoms with Crippen molar-refractivity contribution in [3.63, 3.8) is 0 Å². The monoisotopic (exact) mass is 522 g/mol.